The molecule has 4 rings (SSSR count). The normalized spacial score (nSPS) is 24.5. The predicted octanol–water partition coefficient (Wildman–Crippen LogP) is 4.78. The summed E-state index contributed by atoms with van der Waals surface area (Å²) in [6.07, 6.45) is 2.79. The Bertz CT molecular complexity index is 974. The summed E-state index contributed by atoms with van der Waals surface area (Å²) < 4.78 is 6.31. The quantitative estimate of drug-likeness (QED) is 0.487. The van der Waals surface area contributed by atoms with Crippen molar-refractivity contribution in [3.8, 4) is 0 Å². The molecule has 0 spiro atoms. The standard InChI is InChI=1S/C24H24BrNO4/c1-14-11-18(25)9-10-19(14)26-20(27)13-30-24(29)22-17-8-7-16(12-17)21(22)23(28)15-5-3-2-4-6-15/h2-6,9-11,16-17,21-22H,7-8,12-13H2,1H3,(H,26,27)/t16-,17-,21-,22+/m0/s1. The number of ketones is 1. The molecule has 2 bridgehead atoms. The zero-order valence-electron chi connectivity index (χ0n) is 16.8. The molecule has 2 aliphatic carbocycles. The molecule has 2 aromatic carbocycles. The molecule has 2 fully saturated rings. The van der Waals surface area contributed by atoms with Crippen molar-refractivity contribution >= 4 is 39.3 Å². The molecule has 1 N–H and O–H groups in total. The van der Waals surface area contributed by atoms with Gasteiger partial charge in [0.05, 0.1) is 5.92 Å². The van der Waals surface area contributed by atoms with Crippen molar-refractivity contribution < 1.29 is 19.1 Å². The van der Waals surface area contributed by atoms with E-state index in [1.165, 1.54) is 0 Å². The van der Waals surface area contributed by atoms with Crippen molar-refractivity contribution in [3.05, 3.63) is 64.1 Å². The summed E-state index contributed by atoms with van der Waals surface area (Å²) in [5.41, 5.74) is 2.22. The number of benzene rings is 2. The Labute approximate surface area is 184 Å². The Morgan fingerprint density at radius 3 is 2.43 bits per heavy atom. The van der Waals surface area contributed by atoms with Crippen LogP contribution in [0.2, 0.25) is 0 Å². The number of anilines is 1. The Morgan fingerprint density at radius 2 is 1.73 bits per heavy atom. The maximum Gasteiger partial charge on any atom is 0.310 e. The molecule has 5 nitrogen and oxygen atoms in total. The van der Waals surface area contributed by atoms with Crippen molar-refractivity contribution in [3.63, 3.8) is 0 Å². The molecule has 0 heterocycles. The van der Waals surface area contributed by atoms with Gasteiger partial charge in [-0.1, -0.05) is 46.3 Å². The number of hydrogen-bond donors (Lipinski definition) is 1. The monoisotopic (exact) mass is 469 g/mol. The predicted molar refractivity (Wildman–Crippen MR) is 117 cm³/mol. The first-order chi connectivity index (χ1) is 14.4. The van der Waals surface area contributed by atoms with E-state index in [1.807, 2.05) is 37.3 Å². The minimum atomic E-state index is -0.460. The second kappa shape index (κ2) is 8.72. The highest BCUT2D eigenvalue weighted by atomic mass is 79.9. The number of halogens is 1. The van der Waals surface area contributed by atoms with E-state index in [1.54, 1.807) is 18.2 Å². The van der Waals surface area contributed by atoms with Crippen LogP contribution in [0.5, 0.6) is 0 Å². The van der Waals surface area contributed by atoms with Gasteiger partial charge in [-0.05, 0) is 61.8 Å². The van der Waals surface area contributed by atoms with Crippen LogP contribution in [0.15, 0.2) is 53.0 Å². The number of amides is 1. The molecule has 2 saturated carbocycles. The molecule has 0 radical (unpaired) electrons. The zero-order valence-corrected chi connectivity index (χ0v) is 18.4. The third-order valence-electron chi connectivity index (χ3n) is 6.36. The SMILES string of the molecule is Cc1cc(Br)ccc1NC(=O)COC(=O)[C@@H]1[C@H]2CC[C@@H](C2)[C@@H]1C(=O)c1ccccc1. The van der Waals surface area contributed by atoms with E-state index in [0.717, 1.165) is 29.3 Å². The Kier molecular flexibility index (Phi) is 6.04. The van der Waals surface area contributed by atoms with Crippen LogP contribution >= 0.6 is 15.9 Å². The van der Waals surface area contributed by atoms with Crippen LogP contribution in [0.3, 0.4) is 0 Å². The van der Waals surface area contributed by atoms with Gasteiger partial charge in [-0.2, -0.15) is 0 Å². The van der Waals surface area contributed by atoms with Gasteiger partial charge < -0.3 is 10.1 Å². The summed E-state index contributed by atoms with van der Waals surface area (Å²) in [5.74, 6) is -1.23. The van der Waals surface area contributed by atoms with Gasteiger partial charge in [-0.25, -0.2) is 0 Å². The molecule has 2 aromatic rings. The van der Waals surface area contributed by atoms with E-state index in [0.29, 0.717) is 11.3 Å². The Hall–Kier alpha value is -2.47. The minimum absolute atomic E-state index is 0.0136. The summed E-state index contributed by atoms with van der Waals surface area (Å²) in [5, 5.41) is 2.77. The van der Waals surface area contributed by atoms with E-state index in [9.17, 15) is 14.4 Å². The van der Waals surface area contributed by atoms with E-state index in [-0.39, 0.29) is 36.1 Å². The lowest BCUT2D eigenvalue weighted by Crippen LogP contribution is -2.37. The molecule has 0 aromatic heterocycles. The number of rotatable bonds is 6. The number of fused-ring (bicyclic) bond motifs is 2. The molecule has 4 atom stereocenters. The summed E-state index contributed by atoms with van der Waals surface area (Å²) in [6.45, 7) is 1.54. The first-order valence-corrected chi connectivity index (χ1v) is 11.0. The molecular weight excluding hydrogens is 446 g/mol. The molecule has 0 unspecified atom stereocenters. The van der Waals surface area contributed by atoms with Gasteiger partial charge in [0, 0.05) is 21.6 Å². The smallest absolute Gasteiger partial charge is 0.310 e. The number of carbonyl (C=O) groups is 3. The molecule has 2 aliphatic rings. The maximum atomic E-state index is 13.1. The van der Waals surface area contributed by atoms with Crippen molar-refractivity contribution in [2.45, 2.75) is 26.2 Å². The fraction of sp³-hybridized carbons (Fsp3) is 0.375. The summed E-state index contributed by atoms with van der Waals surface area (Å²) in [4.78, 5) is 38.3. The van der Waals surface area contributed by atoms with E-state index in [2.05, 4.69) is 21.2 Å². The fourth-order valence-corrected chi connectivity index (χ4v) is 5.46. The van der Waals surface area contributed by atoms with Crippen LogP contribution in [-0.4, -0.2) is 24.3 Å². The van der Waals surface area contributed by atoms with Gasteiger partial charge in [0.2, 0.25) is 0 Å². The van der Waals surface area contributed by atoms with Gasteiger partial charge in [0.25, 0.3) is 5.91 Å². The number of nitrogens with one attached hydrogen (secondary N) is 1. The average molecular weight is 470 g/mol. The Balaban J connectivity index is 1.40. The first-order valence-electron chi connectivity index (χ1n) is 10.3. The topological polar surface area (TPSA) is 72.5 Å². The number of Topliss-reactive ketones (excluding diaryl/α,β-unsaturated/α-hetero) is 1. The lowest BCUT2D eigenvalue weighted by atomic mass is 9.75. The number of hydrogen-bond acceptors (Lipinski definition) is 4. The van der Waals surface area contributed by atoms with Gasteiger partial charge in [0.1, 0.15) is 0 Å². The summed E-state index contributed by atoms with van der Waals surface area (Å²) in [6, 6.07) is 14.7. The molecule has 0 saturated heterocycles. The lowest BCUT2D eigenvalue weighted by Gasteiger charge is -2.28. The second-order valence-electron chi connectivity index (χ2n) is 8.23. The fourth-order valence-electron chi connectivity index (χ4n) is 4.99. The van der Waals surface area contributed by atoms with Crippen molar-refractivity contribution in [1.82, 2.24) is 0 Å². The van der Waals surface area contributed by atoms with Crippen molar-refractivity contribution in [2.75, 3.05) is 11.9 Å². The van der Waals surface area contributed by atoms with Crippen molar-refractivity contribution in [1.29, 1.82) is 0 Å². The third-order valence-corrected chi connectivity index (χ3v) is 6.85. The lowest BCUT2D eigenvalue weighted by molar-refractivity contribution is -0.154. The highest BCUT2D eigenvalue weighted by molar-refractivity contribution is 9.10. The molecule has 1 amide bonds. The van der Waals surface area contributed by atoms with Crippen LogP contribution in [0.4, 0.5) is 5.69 Å². The Morgan fingerprint density at radius 1 is 1.03 bits per heavy atom. The maximum absolute atomic E-state index is 13.1. The summed E-state index contributed by atoms with van der Waals surface area (Å²) >= 11 is 3.39. The number of aryl methyl sites for hydroxylation is 1. The molecule has 156 valence electrons. The largest absolute Gasteiger partial charge is 0.455 e. The van der Waals surface area contributed by atoms with Crippen LogP contribution in [0, 0.1) is 30.6 Å². The molecule has 0 aliphatic heterocycles. The van der Waals surface area contributed by atoms with E-state index in [4.69, 9.17) is 4.74 Å². The summed E-state index contributed by atoms with van der Waals surface area (Å²) in [7, 11) is 0. The van der Waals surface area contributed by atoms with E-state index >= 15 is 0 Å². The van der Waals surface area contributed by atoms with Crippen LogP contribution in [0.1, 0.15) is 35.2 Å². The number of esters is 1. The van der Waals surface area contributed by atoms with Crippen molar-refractivity contribution in [2.24, 2.45) is 23.7 Å². The molecule has 6 heteroatoms. The van der Waals surface area contributed by atoms with Crippen LogP contribution in [0.25, 0.3) is 0 Å². The second-order valence-corrected chi connectivity index (χ2v) is 9.15. The van der Waals surface area contributed by atoms with Gasteiger partial charge in [0.15, 0.2) is 12.4 Å². The van der Waals surface area contributed by atoms with Gasteiger partial charge in [-0.15, -0.1) is 0 Å². The minimum Gasteiger partial charge on any atom is -0.455 e. The van der Waals surface area contributed by atoms with Crippen LogP contribution < -0.4 is 5.32 Å². The number of ether oxygens (including phenoxy) is 1. The average Bonchev–Trinajstić information content (AvgIpc) is 3.36. The highest BCUT2D eigenvalue weighted by Gasteiger charge is 2.54. The first kappa shape index (κ1) is 20.8. The van der Waals surface area contributed by atoms with Crippen LogP contribution in [-0.2, 0) is 14.3 Å². The van der Waals surface area contributed by atoms with Gasteiger partial charge in [-0.3, -0.25) is 14.4 Å². The zero-order chi connectivity index (χ0) is 21.3. The third kappa shape index (κ3) is 4.19. The number of carbonyl (C=O) groups excluding carboxylic acids is 3. The van der Waals surface area contributed by atoms with E-state index < -0.39 is 11.9 Å². The highest BCUT2D eigenvalue weighted by Crippen LogP contribution is 2.53. The molecular formula is C24H24BrNO4. The molecule has 30 heavy (non-hydrogen) atoms. The van der Waals surface area contributed by atoms with Gasteiger partial charge >= 0.3 is 5.97 Å².